The van der Waals surface area contributed by atoms with Crippen molar-refractivity contribution in [3.63, 3.8) is 0 Å². The fourth-order valence-electron chi connectivity index (χ4n) is 2.87. The van der Waals surface area contributed by atoms with Crippen molar-refractivity contribution in [1.29, 1.82) is 0 Å². The van der Waals surface area contributed by atoms with E-state index >= 15 is 0 Å². The molecular formula is C30H44O5. The lowest BCUT2D eigenvalue weighted by molar-refractivity contribution is -0.154. The van der Waals surface area contributed by atoms with Crippen LogP contribution in [0.1, 0.15) is 84.9 Å². The van der Waals surface area contributed by atoms with Gasteiger partial charge in [0.15, 0.2) is 0 Å². The smallest absolute Gasteiger partial charge is 0.310 e. The van der Waals surface area contributed by atoms with Crippen molar-refractivity contribution in [3.8, 4) is 0 Å². The molecule has 5 heteroatoms. The summed E-state index contributed by atoms with van der Waals surface area (Å²) < 4.78 is 16.2. The second-order valence-corrected chi connectivity index (χ2v) is 10.7. The Morgan fingerprint density at radius 2 is 1.40 bits per heavy atom. The summed E-state index contributed by atoms with van der Waals surface area (Å²) >= 11 is 0. The average molecular weight is 485 g/mol. The monoisotopic (exact) mass is 484 g/mol. The maximum atomic E-state index is 11.9. The highest BCUT2D eigenvalue weighted by Gasteiger charge is 2.24. The number of carbonyl (C=O) groups is 2. The number of benzene rings is 2. The van der Waals surface area contributed by atoms with Gasteiger partial charge >= 0.3 is 11.9 Å². The van der Waals surface area contributed by atoms with Gasteiger partial charge in [-0.15, -0.1) is 0 Å². The fraction of sp³-hybridized carbons (Fsp3) is 0.533. The molecule has 0 amide bonds. The first-order chi connectivity index (χ1) is 16.2. The Balaban J connectivity index is 0.000000462. The zero-order valence-corrected chi connectivity index (χ0v) is 23.0. The number of hydrogen-bond donors (Lipinski definition) is 0. The van der Waals surface area contributed by atoms with Gasteiger partial charge in [-0.25, -0.2) is 0 Å². The van der Waals surface area contributed by atoms with Gasteiger partial charge in [0.05, 0.1) is 18.6 Å². The van der Waals surface area contributed by atoms with Crippen LogP contribution in [0, 0.1) is 5.92 Å². The Hall–Kier alpha value is -2.66. The third-order valence-electron chi connectivity index (χ3n) is 5.70. The molecule has 1 unspecified atom stereocenters. The summed E-state index contributed by atoms with van der Waals surface area (Å²) in [6.45, 7) is 18.9. The number of rotatable bonds is 9. The Morgan fingerprint density at radius 3 is 1.89 bits per heavy atom. The van der Waals surface area contributed by atoms with Crippen LogP contribution < -0.4 is 0 Å². The van der Waals surface area contributed by atoms with Gasteiger partial charge in [-0.3, -0.25) is 9.59 Å². The molecule has 0 saturated carbocycles. The quantitative estimate of drug-likeness (QED) is 0.363. The van der Waals surface area contributed by atoms with Gasteiger partial charge in [0, 0.05) is 12.8 Å². The molecule has 0 saturated heterocycles. The Bertz CT molecular complexity index is 893. The second-order valence-electron chi connectivity index (χ2n) is 10.7. The molecule has 0 fully saturated rings. The predicted octanol–water partition coefficient (Wildman–Crippen LogP) is 6.88. The lowest BCUT2D eigenvalue weighted by Gasteiger charge is -2.31. The molecule has 0 spiro atoms. The van der Waals surface area contributed by atoms with Crippen molar-refractivity contribution in [2.75, 3.05) is 6.61 Å². The van der Waals surface area contributed by atoms with Gasteiger partial charge in [-0.2, -0.15) is 0 Å². The molecule has 2 aromatic rings. The maximum Gasteiger partial charge on any atom is 0.310 e. The highest BCUT2D eigenvalue weighted by Crippen LogP contribution is 2.24. The first-order valence-electron chi connectivity index (χ1n) is 12.3. The van der Waals surface area contributed by atoms with E-state index < -0.39 is 5.60 Å². The molecule has 0 aliphatic heterocycles. The van der Waals surface area contributed by atoms with E-state index in [0.717, 1.165) is 11.1 Å². The third-order valence-corrected chi connectivity index (χ3v) is 5.70. The molecule has 1 atom stereocenters. The van der Waals surface area contributed by atoms with Crippen LogP contribution in [0.2, 0.25) is 0 Å². The van der Waals surface area contributed by atoms with E-state index in [0.29, 0.717) is 31.5 Å². The van der Waals surface area contributed by atoms with Crippen LogP contribution >= 0.6 is 0 Å². The summed E-state index contributed by atoms with van der Waals surface area (Å²) in [5, 5.41) is 0. The minimum atomic E-state index is -0.438. The van der Waals surface area contributed by atoms with Gasteiger partial charge in [0.25, 0.3) is 0 Å². The molecule has 0 radical (unpaired) electrons. The van der Waals surface area contributed by atoms with E-state index in [9.17, 15) is 9.59 Å². The average Bonchev–Trinajstić information content (AvgIpc) is 2.76. The first kappa shape index (κ1) is 30.4. The summed E-state index contributed by atoms with van der Waals surface area (Å²) in [6, 6.07) is 17.8. The standard InChI is InChI=1S/C21H34O3.C9H10O2/c1-15(2)21(7,8)23-14-16(3)18-11-9-17(10-12-18)13-19(22)24-20(4,5)6;1-8(10)11-7-9-5-3-2-4-6-9/h9-12,15-16H,13-14H2,1-8H3;2-6H,7H2,1H3. The van der Waals surface area contributed by atoms with Crippen LogP contribution in [0.5, 0.6) is 0 Å². The van der Waals surface area contributed by atoms with Crippen molar-refractivity contribution < 1.29 is 23.8 Å². The van der Waals surface area contributed by atoms with E-state index in [2.05, 4.69) is 46.8 Å². The Labute approximate surface area is 212 Å². The van der Waals surface area contributed by atoms with Gasteiger partial charge in [0.1, 0.15) is 12.2 Å². The first-order valence-corrected chi connectivity index (χ1v) is 12.3. The van der Waals surface area contributed by atoms with Gasteiger partial charge in [0.2, 0.25) is 0 Å². The van der Waals surface area contributed by atoms with Crippen molar-refractivity contribution in [2.45, 2.75) is 92.5 Å². The van der Waals surface area contributed by atoms with Crippen LogP contribution in [0.3, 0.4) is 0 Å². The molecule has 0 aliphatic carbocycles. The van der Waals surface area contributed by atoms with Crippen molar-refractivity contribution in [1.82, 2.24) is 0 Å². The molecule has 0 N–H and O–H groups in total. The molecule has 0 heterocycles. The van der Waals surface area contributed by atoms with Crippen molar-refractivity contribution >= 4 is 11.9 Å². The molecule has 0 aromatic heterocycles. The highest BCUT2D eigenvalue weighted by atomic mass is 16.6. The van der Waals surface area contributed by atoms with Crippen molar-refractivity contribution in [2.24, 2.45) is 5.92 Å². The van der Waals surface area contributed by atoms with Crippen molar-refractivity contribution in [3.05, 3.63) is 71.3 Å². The SMILES string of the molecule is CC(=O)OCc1ccccc1.CC(COC(C)(C)C(C)C)c1ccc(CC(=O)OC(C)(C)C)cc1. The molecule has 2 aromatic carbocycles. The molecular weight excluding hydrogens is 440 g/mol. The summed E-state index contributed by atoms with van der Waals surface area (Å²) in [5.74, 6) is 0.360. The normalized spacial score (nSPS) is 12.4. The van der Waals surface area contributed by atoms with Gasteiger partial charge < -0.3 is 14.2 Å². The Morgan fingerprint density at radius 1 is 0.829 bits per heavy atom. The largest absolute Gasteiger partial charge is 0.461 e. The molecule has 0 bridgehead atoms. The zero-order chi connectivity index (χ0) is 26.6. The number of hydrogen-bond acceptors (Lipinski definition) is 5. The van der Waals surface area contributed by atoms with Crippen LogP contribution in [-0.2, 0) is 36.8 Å². The fourth-order valence-corrected chi connectivity index (χ4v) is 2.87. The molecule has 0 aliphatic rings. The molecule has 35 heavy (non-hydrogen) atoms. The minimum Gasteiger partial charge on any atom is -0.461 e. The topological polar surface area (TPSA) is 61.8 Å². The summed E-state index contributed by atoms with van der Waals surface area (Å²) in [4.78, 5) is 22.3. The molecule has 194 valence electrons. The van der Waals surface area contributed by atoms with E-state index in [1.807, 2.05) is 63.2 Å². The summed E-state index contributed by atoms with van der Waals surface area (Å²) in [7, 11) is 0. The van der Waals surface area contributed by atoms with E-state index in [-0.39, 0.29) is 17.5 Å². The maximum absolute atomic E-state index is 11.9. The lowest BCUT2D eigenvalue weighted by atomic mass is 9.94. The molecule has 2 rings (SSSR count). The zero-order valence-electron chi connectivity index (χ0n) is 23.0. The van der Waals surface area contributed by atoms with Crippen LogP contribution in [-0.4, -0.2) is 29.7 Å². The third kappa shape index (κ3) is 13.1. The summed E-state index contributed by atoms with van der Waals surface area (Å²) in [6.07, 6.45) is 0.308. The van der Waals surface area contributed by atoms with E-state index in [1.54, 1.807) is 0 Å². The van der Waals surface area contributed by atoms with Crippen LogP contribution in [0.15, 0.2) is 54.6 Å². The summed E-state index contributed by atoms with van der Waals surface area (Å²) in [5.41, 5.74) is 2.66. The second kappa shape index (κ2) is 14.0. The number of ether oxygens (including phenoxy) is 3. The van der Waals surface area contributed by atoms with Gasteiger partial charge in [-0.05, 0) is 57.2 Å². The molecule has 5 nitrogen and oxygen atoms in total. The number of esters is 2. The highest BCUT2D eigenvalue weighted by molar-refractivity contribution is 5.73. The number of carbonyl (C=O) groups excluding carboxylic acids is 2. The van der Waals surface area contributed by atoms with E-state index in [4.69, 9.17) is 14.2 Å². The van der Waals surface area contributed by atoms with E-state index in [1.165, 1.54) is 12.5 Å². The predicted molar refractivity (Wildman–Crippen MR) is 141 cm³/mol. The lowest BCUT2D eigenvalue weighted by Crippen LogP contribution is -2.32. The Kier molecular flexibility index (Phi) is 12.2. The minimum absolute atomic E-state index is 0.120. The van der Waals surface area contributed by atoms with Gasteiger partial charge in [-0.1, -0.05) is 75.4 Å². The van der Waals surface area contributed by atoms with Crippen LogP contribution in [0.4, 0.5) is 0 Å². The van der Waals surface area contributed by atoms with Crippen LogP contribution in [0.25, 0.3) is 0 Å².